The first-order valence-electron chi connectivity index (χ1n) is 10.0. The Kier molecular flexibility index (Phi) is 7.61. The van der Waals surface area contributed by atoms with Crippen molar-refractivity contribution >= 4 is 28.9 Å². The van der Waals surface area contributed by atoms with Crippen LogP contribution in [-0.4, -0.2) is 28.6 Å². The van der Waals surface area contributed by atoms with Crippen LogP contribution in [0.3, 0.4) is 0 Å². The fourth-order valence-electron chi connectivity index (χ4n) is 2.87. The second-order valence-corrected chi connectivity index (χ2v) is 7.01. The van der Waals surface area contributed by atoms with Crippen LogP contribution in [0.5, 0.6) is 0 Å². The van der Waals surface area contributed by atoms with Crippen LogP contribution < -0.4 is 22.3 Å². The van der Waals surface area contributed by atoms with Crippen LogP contribution in [0.4, 0.5) is 17.1 Å². The molecule has 0 radical (unpaired) electrons. The van der Waals surface area contributed by atoms with Crippen LogP contribution in [0.25, 0.3) is 11.3 Å². The van der Waals surface area contributed by atoms with E-state index in [1.54, 1.807) is 30.3 Å². The maximum absolute atomic E-state index is 12.1. The van der Waals surface area contributed by atoms with Crippen molar-refractivity contribution in [3.8, 4) is 11.3 Å². The van der Waals surface area contributed by atoms with Crippen molar-refractivity contribution in [2.45, 2.75) is 25.7 Å². The van der Waals surface area contributed by atoms with Crippen molar-refractivity contribution in [3.05, 3.63) is 60.3 Å². The number of amides is 2. The van der Waals surface area contributed by atoms with Crippen LogP contribution in [0.1, 0.15) is 36.2 Å². The first-order valence-corrected chi connectivity index (χ1v) is 10.0. The van der Waals surface area contributed by atoms with E-state index in [9.17, 15) is 9.59 Å². The molecular weight excluding hydrogens is 396 g/mol. The molecule has 3 rings (SSSR count). The molecule has 7 N–H and O–H groups in total. The molecule has 31 heavy (non-hydrogen) atoms. The van der Waals surface area contributed by atoms with E-state index < -0.39 is 5.91 Å². The van der Waals surface area contributed by atoms with Gasteiger partial charge in [-0.1, -0.05) is 30.7 Å². The second-order valence-electron chi connectivity index (χ2n) is 7.01. The van der Waals surface area contributed by atoms with Gasteiger partial charge in [-0.3, -0.25) is 19.5 Å². The quantitative estimate of drug-likeness (QED) is 0.193. The minimum absolute atomic E-state index is 0.0803. The van der Waals surface area contributed by atoms with Crippen molar-refractivity contribution in [2.75, 3.05) is 23.4 Å². The summed E-state index contributed by atoms with van der Waals surface area (Å²) in [5.74, 6) is -0.489. The lowest BCUT2D eigenvalue weighted by Crippen LogP contribution is -2.24. The van der Waals surface area contributed by atoms with Crippen LogP contribution in [0.15, 0.2) is 54.6 Å². The molecule has 0 aliphatic carbocycles. The molecule has 9 heteroatoms. The van der Waals surface area contributed by atoms with Crippen molar-refractivity contribution < 1.29 is 14.4 Å². The number of hydrogen-bond donors (Lipinski definition) is 5. The molecule has 0 saturated carbocycles. The number of nitrogens with one attached hydrogen (secondary N) is 3. The third-order valence-electron chi connectivity index (χ3n) is 4.58. The molecular formula is C22H26N6O3. The summed E-state index contributed by atoms with van der Waals surface area (Å²) in [6.07, 6.45) is 2.60. The molecule has 1 aromatic heterocycles. The Labute approximate surface area is 180 Å². The van der Waals surface area contributed by atoms with Crippen molar-refractivity contribution in [1.29, 1.82) is 0 Å². The average Bonchev–Trinajstić information content (AvgIpc) is 3.25. The topological polar surface area (TPSA) is 148 Å². The van der Waals surface area contributed by atoms with Gasteiger partial charge in [0.1, 0.15) is 5.69 Å². The molecule has 9 nitrogen and oxygen atoms in total. The van der Waals surface area contributed by atoms with E-state index in [1.165, 1.54) is 0 Å². The number of benzene rings is 2. The first kappa shape index (κ1) is 21.8. The molecule has 2 aromatic carbocycles. The number of aromatic amines is 1. The SMILES string of the molecule is Nc1ccc(-c2cc(C(=O)NOCCCCCC(=O)Nc3ccccc3N)[nH]n2)cc1. The maximum atomic E-state index is 12.1. The van der Waals surface area contributed by atoms with Gasteiger partial charge in [0.15, 0.2) is 0 Å². The summed E-state index contributed by atoms with van der Waals surface area (Å²) < 4.78 is 0. The molecule has 0 fully saturated rings. The van der Waals surface area contributed by atoms with Crippen molar-refractivity contribution in [1.82, 2.24) is 15.7 Å². The number of nitrogens with zero attached hydrogens (tertiary/aromatic N) is 1. The Morgan fingerprint density at radius 2 is 1.77 bits per heavy atom. The number of rotatable bonds is 10. The predicted molar refractivity (Wildman–Crippen MR) is 120 cm³/mol. The van der Waals surface area contributed by atoms with Crippen LogP contribution in [0.2, 0.25) is 0 Å². The molecule has 0 bridgehead atoms. The number of anilines is 3. The van der Waals surface area contributed by atoms with Crippen molar-refractivity contribution in [2.24, 2.45) is 0 Å². The number of hydrogen-bond acceptors (Lipinski definition) is 6. The highest BCUT2D eigenvalue weighted by Gasteiger charge is 2.11. The Hall–Kier alpha value is -3.85. The number of carbonyl (C=O) groups is 2. The Bertz CT molecular complexity index is 1020. The van der Waals surface area contributed by atoms with Crippen LogP contribution in [0, 0.1) is 0 Å². The van der Waals surface area contributed by atoms with E-state index >= 15 is 0 Å². The third kappa shape index (κ3) is 6.58. The number of aromatic nitrogens is 2. The average molecular weight is 422 g/mol. The standard InChI is InChI=1S/C22H26N6O3/c23-16-11-9-15(10-12-16)19-14-20(27-26-19)22(30)28-31-13-5-1-2-8-21(29)25-18-7-4-3-6-17(18)24/h3-4,6-7,9-12,14H,1-2,5,8,13,23-24H2,(H,25,29)(H,26,27)(H,28,30). The van der Waals surface area contributed by atoms with Crippen LogP contribution >= 0.6 is 0 Å². The molecule has 0 aliphatic heterocycles. The molecule has 0 atom stereocenters. The molecule has 0 unspecified atom stereocenters. The van der Waals surface area contributed by atoms with Gasteiger partial charge in [-0.2, -0.15) is 5.10 Å². The first-order chi connectivity index (χ1) is 15.0. The van der Waals surface area contributed by atoms with Gasteiger partial charge in [-0.05, 0) is 43.2 Å². The number of nitrogen functional groups attached to an aromatic ring is 2. The van der Waals surface area contributed by atoms with E-state index in [-0.39, 0.29) is 5.91 Å². The van der Waals surface area contributed by atoms with E-state index in [0.717, 1.165) is 12.0 Å². The zero-order valence-corrected chi connectivity index (χ0v) is 17.1. The Balaban J connectivity index is 1.30. The highest BCUT2D eigenvalue weighted by atomic mass is 16.6. The summed E-state index contributed by atoms with van der Waals surface area (Å²) in [5.41, 5.74) is 17.5. The van der Waals surface area contributed by atoms with E-state index in [1.807, 2.05) is 24.3 Å². The number of carbonyl (C=O) groups excluding carboxylic acids is 2. The van der Waals surface area contributed by atoms with Gasteiger partial charge in [0.25, 0.3) is 5.91 Å². The highest BCUT2D eigenvalue weighted by Crippen LogP contribution is 2.19. The van der Waals surface area contributed by atoms with Gasteiger partial charge >= 0.3 is 0 Å². The van der Waals surface area contributed by atoms with Gasteiger partial charge in [0.05, 0.1) is 23.7 Å². The number of hydroxylamine groups is 1. The maximum Gasteiger partial charge on any atom is 0.292 e. The predicted octanol–water partition coefficient (Wildman–Crippen LogP) is 3.10. The molecule has 162 valence electrons. The molecule has 3 aromatic rings. The summed E-state index contributed by atoms with van der Waals surface area (Å²) in [6.45, 7) is 0.345. The lowest BCUT2D eigenvalue weighted by Gasteiger charge is -2.08. The normalized spacial score (nSPS) is 10.6. The largest absolute Gasteiger partial charge is 0.399 e. The summed E-state index contributed by atoms with van der Waals surface area (Å²) in [6, 6.07) is 16.0. The number of para-hydroxylation sites is 2. The zero-order chi connectivity index (χ0) is 22.1. The molecule has 2 amide bonds. The molecule has 0 saturated heterocycles. The summed E-state index contributed by atoms with van der Waals surface area (Å²) >= 11 is 0. The van der Waals surface area contributed by atoms with E-state index in [0.29, 0.717) is 54.3 Å². The molecule has 1 heterocycles. The molecule has 0 aliphatic rings. The second kappa shape index (κ2) is 10.8. The monoisotopic (exact) mass is 422 g/mol. The van der Waals surface area contributed by atoms with Crippen molar-refractivity contribution in [3.63, 3.8) is 0 Å². The minimum atomic E-state index is -0.408. The number of nitrogens with two attached hydrogens (primary N) is 2. The lowest BCUT2D eigenvalue weighted by molar-refractivity contribution is -0.116. The fourth-order valence-corrected chi connectivity index (χ4v) is 2.87. The van der Waals surface area contributed by atoms with Crippen LogP contribution in [-0.2, 0) is 9.63 Å². The van der Waals surface area contributed by atoms with Gasteiger partial charge in [0, 0.05) is 17.7 Å². The lowest BCUT2D eigenvalue weighted by atomic mass is 10.1. The van der Waals surface area contributed by atoms with E-state index in [4.69, 9.17) is 16.3 Å². The Morgan fingerprint density at radius 3 is 2.55 bits per heavy atom. The number of H-pyrrole nitrogens is 1. The summed E-state index contributed by atoms with van der Waals surface area (Å²) in [7, 11) is 0. The third-order valence-corrected chi connectivity index (χ3v) is 4.58. The highest BCUT2D eigenvalue weighted by molar-refractivity contribution is 5.93. The zero-order valence-electron chi connectivity index (χ0n) is 17.1. The van der Waals surface area contributed by atoms with Gasteiger partial charge in [-0.25, -0.2) is 5.48 Å². The minimum Gasteiger partial charge on any atom is -0.399 e. The smallest absolute Gasteiger partial charge is 0.292 e. The summed E-state index contributed by atoms with van der Waals surface area (Å²) in [5, 5.41) is 9.61. The van der Waals surface area contributed by atoms with Gasteiger partial charge < -0.3 is 16.8 Å². The van der Waals surface area contributed by atoms with Gasteiger partial charge in [0.2, 0.25) is 5.91 Å². The summed E-state index contributed by atoms with van der Waals surface area (Å²) in [4.78, 5) is 29.3. The molecule has 0 spiro atoms. The number of unbranched alkanes of at least 4 members (excludes halogenated alkanes) is 2. The Morgan fingerprint density at radius 1 is 1.00 bits per heavy atom. The fraction of sp³-hybridized carbons (Fsp3) is 0.227. The van der Waals surface area contributed by atoms with E-state index in [2.05, 4.69) is 21.0 Å². The van der Waals surface area contributed by atoms with Gasteiger partial charge in [-0.15, -0.1) is 0 Å².